The lowest BCUT2D eigenvalue weighted by Gasteiger charge is -2.38. The molecule has 0 radical (unpaired) electrons. The number of nitriles is 1. The number of allylic oxidation sites excluding steroid dienone is 1. The predicted octanol–water partition coefficient (Wildman–Crippen LogP) is 4.84. The summed E-state index contributed by atoms with van der Waals surface area (Å²) in [6.07, 6.45) is 2.83. The molecule has 0 saturated heterocycles. The molecule has 0 spiro atoms. The number of hydrogen-bond acceptors (Lipinski definition) is 4. The first-order valence-electron chi connectivity index (χ1n) is 10.2. The number of ether oxygens (including phenoxy) is 1. The zero-order valence-corrected chi connectivity index (χ0v) is 17.2. The van der Waals surface area contributed by atoms with Gasteiger partial charge in [-0.15, -0.1) is 0 Å². The minimum absolute atomic E-state index is 0.0181. The summed E-state index contributed by atoms with van der Waals surface area (Å²) < 4.78 is 33.7. The Morgan fingerprint density at radius 1 is 1.16 bits per heavy atom. The maximum Gasteiger partial charge on any atom is 0.205 e. The molecule has 2 aliphatic heterocycles. The molecule has 4 rings (SSSR count). The highest BCUT2D eigenvalue weighted by molar-refractivity contribution is 5.63. The highest BCUT2D eigenvalue weighted by Gasteiger charge is 2.37. The fourth-order valence-electron chi connectivity index (χ4n) is 4.28. The van der Waals surface area contributed by atoms with E-state index >= 15 is 0 Å². The number of rotatable bonds is 4. The molecule has 0 saturated carbocycles. The molecule has 2 heterocycles. The zero-order valence-electron chi connectivity index (χ0n) is 17.2. The van der Waals surface area contributed by atoms with E-state index in [1.54, 1.807) is 18.2 Å². The Bertz CT molecular complexity index is 1140. The van der Waals surface area contributed by atoms with Crippen LogP contribution < -0.4 is 5.73 Å². The average molecular weight is 419 g/mol. The largest absolute Gasteiger partial charge is 0.440 e. The molecule has 1 atom stereocenters. The van der Waals surface area contributed by atoms with E-state index in [9.17, 15) is 14.0 Å². The lowest BCUT2D eigenvalue weighted by Crippen LogP contribution is -2.38. The van der Waals surface area contributed by atoms with Gasteiger partial charge in [0.05, 0.1) is 5.92 Å². The van der Waals surface area contributed by atoms with Gasteiger partial charge in [0.15, 0.2) is 0 Å². The lowest BCUT2D eigenvalue weighted by atomic mass is 9.80. The van der Waals surface area contributed by atoms with Crippen molar-refractivity contribution in [2.45, 2.75) is 19.3 Å². The van der Waals surface area contributed by atoms with Gasteiger partial charge in [0, 0.05) is 18.7 Å². The molecule has 0 amide bonds. The summed E-state index contributed by atoms with van der Waals surface area (Å²) in [5, 5.41) is 9.80. The predicted molar refractivity (Wildman–Crippen MR) is 115 cm³/mol. The smallest absolute Gasteiger partial charge is 0.205 e. The van der Waals surface area contributed by atoms with Crippen LogP contribution in [0.5, 0.6) is 0 Å². The normalized spacial score (nSPS) is 20.5. The van der Waals surface area contributed by atoms with Crippen molar-refractivity contribution >= 4 is 6.08 Å². The van der Waals surface area contributed by atoms with Crippen molar-refractivity contribution in [3.63, 3.8) is 0 Å². The Kier molecular flexibility index (Phi) is 5.88. The van der Waals surface area contributed by atoms with Crippen molar-refractivity contribution in [2.24, 2.45) is 5.73 Å². The molecule has 0 fully saturated rings. The van der Waals surface area contributed by atoms with Gasteiger partial charge in [-0.2, -0.15) is 5.26 Å². The van der Waals surface area contributed by atoms with Gasteiger partial charge < -0.3 is 10.5 Å². The molecule has 2 aliphatic rings. The van der Waals surface area contributed by atoms with Crippen molar-refractivity contribution in [3.05, 3.63) is 99.7 Å². The summed E-state index contributed by atoms with van der Waals surface area (Å²) >= 11 is 0. The second kappa shape index (κ2) is 8.75. The molecular weight excluding hydrogens is 396 g/mol. The first kappa shape index (κ1) is 20.8. The third-order valence-electron chi connectivity index (χ3n) is 5.52. The van der Waals surface area contributed by atoms with Crippen molar-refractivity contribution < 1.29 is 13.5 Å². The van der Waals surface area contributed by atoms with Gasteiger partial charge in [0.25, 0.3) is 0 Å². The SMILES string of the molecule is CCCN1CC2=C(OC(N)=C(C#N)[C@H]2c2cccc(F)c2)/C(=C/c2cccc(F)c2)C1. The maximum absolute atomic E-state index is 14.0. The fourth-order valence-corrected chi connectivity index (χ4v) is 4.28. The molecule has 0 aromatic heterocycles. The average Bonchev–Trinajstić information content (AvgIpc) is 2.73. The standard InChI is InChI=1S/C25H23F2N3O/c1-2-9-30-14-18(10-16-5-3-7-19(26)11-16)24-22(15-30)23(21(13-28)25(29)31-24)17-6-4-8-20(27)12-17/h3-8,10-12,23H,2,9,14-15,29H2,1H3/b18-10+/t23-/m1/s1. The molecule has 2 N–H and O–H groups in total. The van der Waals surface area contributed by atoms with Crippen LogP contribution in [0.15, 0.2) is 76.9 Å². The van der Waals surface area contributed by atoms with Gasteiger partial charge in [-0.1, -0.05) is 31.2 Å². The van der Waals surface area contributed by atoms with E-state index in [0.29, 0.717) is 30.0 Å². The molecule has 0 bridgehead atoms. The lowest BCUT2D eigenvalue weighted by molar-refractivity contribution is 0.234. The van der Waals surface area contributed by atoms with Crippen LogP contribution in [-0.2, 0) is 4.74 Å². The first-order valence-corrected chi connectivity index (χ1v) is 10.2. The van der Waals surface area contributed by atoms with E-state index in [0.717, 1.165) is 24.1 Å². The van der Waals surface area contributed by atoms with E-state index in [-0.39, 0.29) is 23.1 Å². The summed E-state index contributed by atoms with van der Waals surface area (Å²) in [6, 6.07) is 14.7. The van der Waals surface area contributed by atoms with Crippen LogP contribution in [0.1, 0.15) is 30.4 Å². The van der Waals surface area contributed by atoms with Gasteiger partial charge in [-0.05, 0) is 60.0 Å². The van der Waals surface area contributed by atoms with E-state index in [2.05, 4.69) is 17.9 Å². The van der Waals surface area contributed by atoms with Gasteiger partial charge in [-0.25, -0.2) is 8.78 Å². The summed E-state index contributed by atoms with van der Waals surface area (Å²) in [4.78, 5) is 2.25. The molecule has 0 unspecified atom stereocenters. The fraction of sp³-hybridized carbons (Fsp3) is 0.240. The van der Waals surface area contributed by atoms with Crippen LogP contribution in [0, 0.1) is 23.0 Å². The van der Waals surface area contributed by atoms with Crippen LogP contribution in [0.4, 0.5) is 8.78 Å². The van der Waals surface area contributed by atoms with Gasteiger partial charge in [-0.3, -0.25) is 4.90 Å². The highest BCUT2D eigenvalue weighted by Crippen LogP contribution is 2.43. The molecule has 2 aromatic rings. The third-order valence-corrected chi connectivity index (χ3v) is 5.52. The van der Waals surface area contributed by atoms with Crippen LogP contribution in [0.2, 0.25) is 0 Å². The molecule has 4 nitrogen and oxygen atoms in total. The van der Waals surface area contributed by atoms with E-state index in [1.807, 2.05) is 12.1 Å². The highest BCUT2D eigenvalue weighted by atomic mass is 19.1. The maximum atomic E-state index is 14.0. The monoisotopic (exact) mass is 419 g/mol. The molecule has 158 valence electrons. The summed E-state index contributed by atoms with van der Waals surface area (Å²) in [6.45, 7) is 4.12. The van der Waals surface area contributed by atoms with Crippen LogP contribution in [0.3, 0.4) is 0 Å². The Morgan fingerprint density at radius 2 is 1.90 bits per heavy atom. The minimum Gasteiger partial charge on any atom is -0.440 e. The van der Waals surface area contributed by atoms with Crippen LogP contribution >= 0.6 is 0 Å². The Balaban J connectivity index is 1.88. The van der Waals surface area contributed by atoms with Crippen molar-refractivity contribution in [1.29, 1.82) is 5.26 Å². The second-order valence-electron chi connectivity index (χ2n) is 7.77. The van der Waals surface area contributed by atoms with Gasteiger partial charge in [0.1, 0.15) is 29.0 Å². The number of nitrogens with two attached hydrogens (primary N) is 1. The second-order valence-corrected chi connectivity index (χ2v) is 7.77. The van der Waals surface area contributed by atoms with E-state index in [4.69, 9.17) is 10.5 Å². The molecule has 6 heteroatoms. The van der Waals surface area contributed by atoms with Gasteiger partial charge >= 0.3 is 0 Å². The zero-order chi connectivity index (χ0) is 22.0. The topological polar surface area (TPSA) is 62.3 Å². The van der Waals surface area contributed by atoms with Crippen molar-refractivity contribution in [3.8, 4) is 6.07 Å². The first-order chi connectivity index (χ1) is 15.0. The van der Waals surface area contributed by atoms with Crippen molar-refractivity contribution in [2.75, 3.05) is 19.6 Å². The Hall–Kier alpha value is -3.43. The van der Waals surface area contributed by atoms with E-state index < -0.39 is 5.92 Å². The summed E-state index contributed by atoms with van der Waals surface area (Å²) in [5.74, 6) is -0.594. The molecule has 31 heavy (non-hydrogen) atoms. The molecule has 2 aromatic carbocycles. The number of nitrogens with zero attached hydrogens (tertiary/aromatic N) is 2. The van der Waals surface area contributed by atoms with Crippen LogP contribution in [-0.4, -0.2) is 24.5 Å². The third kappa shape index (κ3) is 4.23. The molecule has 0 aliphatic carbocycles. The van der Waals surface area contributed by atoms with Gasteiger partial charge in [0.2, 0.25) is 5.88 Å². The van der Waals surface area contributed by atoms with Crippen LogP contribution in [0.25, 0.3) is 6.08 Å². The van der Waals surface area contributed by atoms with E-state index in [1.165, 1.54) is 24.3 Å². The quantitative estimate of drug-likeness (QED) is 0.771. The molecular formula is C25H23F2N3O. The number of benzene rings is 2. The summed E-state index contributed by atoms with van der Waals surface area (Å²) in [5.41, 5.74) is 9.48. The Labute approximate surface area is 180 Å². The minimum atomic E-state index is -0.500. The number of hydrogen-bond donors (Lipinski definition) is 1. The number of halogens is 2. The Morgan fingerprint density at radius 3 is 2.58 bits per heavy atom. The summed E-state index contributed by atoms with van der Waals surface area (Å²) in [7, 11) is 0. The van der Waals surface area contributed by atoms with Crippen molar-refractivity contribution in [1.82, 2.24) is 4.90 Å².